The number of ether oxygens (including phenoxy) is 1. The summed E-state index contributed by atoms with van der Waals surface area (Å²) in [7, 11) is 0. The highest BCUT2D eigenvalue weighted by atomic mass is 32.1. The van der Waals surface area contributed by atoms with Gasteiger partial charge in [-0.1, -0.05) is 54.2 Å². The van der Waals surface area contributed by atoms with Crippen molar-refractivity contribution in [3.8, 4) is 16.9 Å². The van der Waals surface area contributed by atoms with Crippen LogP contribution in [0.3, 0.4) is 0 Å². The number of hydrogen-bond acceptors (Lipinski definition) is 6. The first-order valence-electron chi connectivity index (χ1n) is 11.6. The maximum Gasteiger partial charge on any atom is 0.573 e. The zero-order valence-corrected chi connectivity index (χ0v) is 20.1. The molecule has 1 heterocycles. The molecule has 10 heteroatoms. The Labute approximate surface area is 213 Å². The molecule has 0 radical (unpaired) electrons. The summed E-state index contributed by atoms with van der Waals surface area (Å²) in [5, 5.41) is 13.2. The van der Waals surface area contributed by atoms with Crippen molar-refractivity contribution in [1.29, 1.82) is 0 Å². The van der Waals surface area contributed by atoms with Gasteiger partial charge in [-0.25, -0.2) is 4.98 Å². The number of hydrogen-bond donors (Lipinski definition) is 2. The molecule has 1 aliphatic carbocycles. The lowest BCUT2D eigenvalue weighted by molar-refractivity contribution is -0.274. The quantitative estimate of drug-likeness (QED) is 0.246. The summed E-state index contributed by atoms with van der Waals surface area (Å²) in [4.78, 5) is 29.3. The van der Waals surface area contributed by atoms with Crippen molar-refractivity contribution in [3.05, 3.63) is 72.3 Å². The van der Waals surface area contributed by atoms with Crippen molar-refractivity contribution in [1.82, 2.24) is 4.98 Å². The van der Waals surface area contributed by atoms with Crippen molar-refractivity contribution in [2.24, 2.45) is 11.8 Å². The molecule has 37 heavy (non-hydrogen) atoms. The first-order chi connectivity index (χ1) is 17.7. The average molecular weight is 527 g/mol. The Morgan fingerprint density at radius 1 is 1.00 bits per heavy atom. The molecule has 190 valence electrons. The van der Waals surface area contributed by atoms with Crippen LogP contribution in [0.25, 0.3) is 21.3 Å². The maximum absolute atomic E-state index is 13.3. The van der Waals surface area contributed by atoms with Crippen LogP contribution < -0.4 is 10.1 Å². The summed E-state index contributed by atoms with van der Waals surface area (Å²) in [6.45, 7) is 0. The highest BCUT2D eigenvalue weighted by Gasteiger charge is 2.38. The predicted octanol–water partition coefficient (Wildman–Crippen LogP) is 7.29. The molecule has 0 unspecified atom stereocenters. The number of aromatic nitrogens is 1. The number of carbonyl (C=O) groups is 2. The molecule has 1 aromatic heterocycles. The van der Waals surface area contributed by atoms with E-state index < -0.39 is 24.2 Å². The van der Waals surface area contributed by atoms with Crippen molar-refractivity contribution in [2.75, 3.05) is 5.32 Å². The van der Waals surface area contributed by atoms with Gasteiger partial charge in [0.1, 0.15) is 5.75 Å². The number of nitrogens with zero attached hydrogens (tertiary/aromatic N) is 1. The van der Waals surface area contributed by atoms with Gasteiger partial charge < -0.3 is 15.2 Å². The number of carbonyl (C=O) groups excluding carboxylic acids is 1. The Hall–Kier alpha value is -3.92. The fraction of sp³-hybridized carbons (Fsp3) is 0.222. The molecule has 0 aliphatic heterocycles. The maximum atomic E-state index is 13.3. The molecule has 1 fully saturated rings. The van der Waals surface area contributed by atoms with Crippen LogP contribution in [-0.2, 0) is 4.79 Å². The van der Waals surface area contributed by atoms with E-state index in [-0.39, 0.29) is 11.5 Å². The van der Waals surface area contributed by atoms with Gasteiger partial charge in [-0.15, -0.1) is 13.2 Å². The molecular formula is C27H21F3N2O4S. The second-order valence-electron chi connectivity index (χ2n) is 8.79. The lowest BCUT2D eigenvalue weighted by Crippen LogP contribution is -2.25. The minimum atomic E-state index is -4.76. The number of ketones is 1. The number of alkyl halides is 3. The monoisotopic (exact) mass is 526 g/mol. The van der Waals surface area contributed by atoms with Crippen molar-refractivity contribution >= 4 is 44.1 Å². The second-order valence-corrected chi connectivity index (χ2v) is 9.82. The smallest absolute Gasteiger partial charge is 0.481 e. The number of nitrogens with one attached hydrogen (secondary N) is 1. The number of fused-ring (bicyclic) bond motifs is 1. The molecule has 5 rings (SSSR count). The van der Waals surface area contributed by atoms with Crippen LogP contribution in [0.4, 0.5) is 24.0 Å². The number of anilines is 2. The zero-order chi connectivity index (χ0) is 26.2. The molecule has 2 N–H and O–H groups in total. The molecular weight excluding hydrogens is 505 g/mol. The number of carboxylic acids is 1. The van der Waals surface area contributed by atoms with Gasteiger partial charge in [-0.3, -0.25) is 9.59 Å². The second kappa shape index (κ2) is 9.85. The van der Waals surface area contributed by atoms with E-state index in [1.54, 1.807) is 12.1 Å². The van der Waals surface area contributed by atoms with E-state index in [1.807, 2.05) is 36.4 Å². The van der Waals surface area contributed by atoms with E-state index in [1.165, 1.54) is 29.5 Å². The Kier molecular flexibility index (Phi) is 6.59. The van der Waals surface area contributed by atoms with Gasteiger partial charge in [-0.2, -0.15) is 0 Å². The van der Waals surface area contributed by atoms with Crippen LogP contribution in [-0.4, -0.2) is 28.2 Å². The van der Waals surface area contributed by atoms with E-state index in [2.05, 4.69) is 15.0 Å². The highest BCUT2D eigenvalue weighted by molar-refractivity contribution is 7.22. The Morgan fingerprint density at radius 2 is 1.73 bits per heavy atom. The lowest BCUT2D eigenvalue weighted by atomic mass is 9.85. The largest absolute Gasteiger partial charge is 0.573 e. The summed E-state index contributed by atoms with van der Waals surface area (Å²) >= 11 is 1.19. The molecule has 1 saturated carbocycles. The van der Waals surface area contributed by atoms with Crippen LogP contribution in [0.15, 0.2) is 66.7 Å². The van der Waals surface area contributed by atoms with Crippen molar-refractivity contribution in [3.63, 3.8) is 0 Å². The molecule has 0 spiro atoms. The summed E-state index contributed by atoms with van der Waals surface area (Å²) in [6.07, 6.45) is -2.96. The third-order valence-electron chi connectivity index (χ3n) is 6.40. The van der Waals surface area contributed by atoms with E-state index in [9.17, 15) is 27.9 Å². The first kappa shape index (κ1) is 24.8. The van der Waals surface area contributed by atoms with Crippen LogP contribution in [0, 0.1) is 11.8 Å². The van der Waals surface area contributed by atoms with Gasteiger partial charge in [0.25, 0.3) is 0 Å². The standard InChI is InChI=1S/C27H21F3N2O4S/c28-27(29,30)36-17-12-13-22-23(14-17)37-26(32-22)31-16-10-8-15(9-11-16)18-4-1-2-5-19(18)24(33)20-6-3-7-21(20)25(34)35/h1-2,4-5,8-14,20-21H,3,6-7H2,(H,31,32)(H,34,35)/t20-,21-/m1/s1. The molecule has 2 atom stereocenters. The topological polar surface area (TPSA) is 88.5 Å². The third-order valence-corrected chi connectivity index (χ3v) is 7.34. The van der Waals surface area contributed by atoms with Crippen molar-refractivity contribution in [2.45, 2.75) is 25.6 Å². The summed E-state index contributed by atoms with van der Waals surface area (Å²) in [6, 6.07) is 18.5. The third kappa shape index (κ3) is 5.43. The van der Waals surface area contributed by atoms with Gasteiger partial charge in [0.2, 0.25) is 0 Å². The Bertz CT molecular complexity index is 1470. The molecule has 1 aliphatic rings. The Morgan fingerprint density at radius 3 is 2.46 bits per heavy atom. The minimum absolute atomic E-state index is 0.147. The molecule has 0 amide bonds. The Balaban J connectivity index is 1.35. The van der Waals surface area contributed by atoms with Crippen molar-refractivity contribution < 1.29 is 32.6 Å². The zero-order valence-electron chi connectivity index (χ0n) is 19.3. The van der Waals surface area contributed by atoms with Crippen LogP contribution in [0.2, 0.25) is 0 Å². The van der Waals surface area contributed by atoms with Crippen LogP contribution >= 0.6 is 11.3 Å². The summed E-state index contributed by atoms with van der Waals surface area (Å²) in [5.41, 5.74) is 3.28. The number of aliphatic carboxylic acids is 1. The van der Waals surface area contributed by atoms with Gasteiger partial charge in [0.05, 0.1) is 16.1 Å². The molecule has 0 bridgehead atoms. The van der Waals surface area contributed by atoms with E-state index >= 15 is 0 Å². The van der Waals surface area contributed by atoms with Gasteiger partial charge >= 0.3 is 12.3 Å². The van der Waals surface area contributed by atoms with E-state index in [4.69, 9.17) is 0 Å². The fourth-order valence-electron chi connectivity index (χ4n) is 4.73. The summed E-state index contributed by atoms with van der Waals surface area (Å²) in [5.74, 6) is -2.56. The fourth-order valence-corrected chi connectivity index (χ4v) is 5.65. The summed E-state index contributed by atoms with van der Waals surface area (Å²) < 4.78 is 42.0. The molecule has 3 aromatic carbocycles. The van der Waals surface area contributed by atoms with Gasteiger partial charge in [-0.05, 0) is 48.2 Å². The van der Waals surface area contributed by atoms with Gasteiger partial charge in [0, 0.05) is 23.2 Å². The molecule has 6 nitrogen and oxygen atoms in total. The van der Waals surface area contributed by atoms with Gasteiger partial charge in [0.15, 0.2) is 10.9 Å². The SMILES string of the molecule is O=C(O)[C@@H]1CCC[C@H]1C(=O)c1ccccc1-c1ccc(Nc2nc3ccc(OC(F)(F)F)cc3s2)cc1. The number of thiazole rings is 1. The number of halogens is 3. The molecule has 4 aromatic rings. The number of rotatable bonds is 7. The minimum Gasteiger partial charge on any atom is -0.481 e. The van der Waals surface area contributed by atoms with Crippen LogP contribution in [0.5, 0.6) is 5.75 Å². The highest BCUT2D eigenvalue weighted by Crippen LogP contribution is 2.37. The van der Waals surface area contributed by atoms with E-state index in [0.717, 1.165) is 17.5 Å². The normalized spacial score (nSPS) is 17.6. The first-order valence-corrected chi connectivity index (χ1v) is 12.4. The lowest BCUT2D eigenvalue weighted by Gasteiger charge is -2.17. The predicted molar refractivity (Wildman–Crippen MR) is 134 cm³/mol. The number of Topliss-reactive ketones (excluding diaryl/α,β-unsaturated/α-hetero) is 1. The van der Waals surface area contributed by atoms with E-state index in [0.29, 0.717) is 39.4 Å². The number of benzene rings is 3. The van der Waals surface area contributed by atoms with Crippen LogP contribution in [0.1, 0.15) is 29.6 Å². The average Bonchev–Trinajstić information content (AvgIpc) is 3.50. The molecule has 0 saturated heterocycles. The number of carboxylic acid groups (broad SMARTS) is 1.